The molecule has 0 fully saturated rings. The molecule has 1 aliphatic rings. The second-order valence-electron chi connectivity index (χ2n) is 4.08. The molecule has 0 saturated carbocycles. The molecule has 2 aromatic rings. The molecule has 0 saturated heterocycles. The SMILES string of the molecule is Cn1nccc1-c1nnn2c1COC(CN)C2. The number of nitrogens with two attached hydrogens (primary N) is 1. The van der Waals surface area contributed by atoms with Crippen LogP contribution < -0.4 is 5.73 Å². The van der Waals surface area contributed by atoms with E-state index in [0.29, 0.717) is 19.7 Å². The number of aromatic nitrogens is 5. The third-order valence-corrected chi connectivity index (χ3v) is 3.00. The maximum Gasteiger partial charge on any atom is 0.136 e. The molecule has 0 amide bonds. The lowest BCUT2D eigenvalue weighted by molar-refractivity contribution is 0.00637. The summed E-state index contributed by atoms with van der Waals surface area (Å²) in [5.74, 6) is 0. The third kappa shape index (κ3) is 1.63. The summed E-state index contributed by atoms with van der Waals surface area (Å²) < 4.78 is 9.28. The average molecular weight is 234 g/mol. The van der Waals surface area contributed by atoms with Crippen LogP contribution >= 0.6 is 0 Å². The van der Waals surface area contributed by atoms with Crippen LogP contribution in [0.1, 0.15) is 5.69 Å². The molecule has 1 aliphatic heterocycles. The van der Waals surface area contributed by atoms with Crippen LogP contribution in [0.15, 0.2) is 12.3 Å². The van der Waals surface area contributed by atoms with Crippen LogP contribution in [-0.4, -0.2) is 37.4 Å². The van der Waals surface area contributed by atoms with Crippen molar-refractivity contribution in [2.24, 2.45) is 12.8 Å². The van der Waals surface area contributed by atoms with Crippen LogP contribution in [-0.2, 0) is 24.9 Å². The van der Waals surface area contributed by atoms with Crippen molar-refractivity contribution >= 4 is 0 Å². The number of hydrogen-bond acceptors (Lipinski definition) is 5. The largest absolute Gasteiger partial charge is 0.369 e. The fraction of sp³-hybridized carbons (Fsp3) is 0.500. The highest BCUT2D eigenvalue weighted by Crippen LogP contribution is 2.24. The highest BCUT2D eigenvalue weighted by atomic mass is 16.5. The summed E-state index contributed by atoms with van der Waals surface area (Å²) in [4.78, 5) is 0. The van der Waals surface area contributed by atoms with Gasteiger partial charge in [0.15, 0.2) is 0 Å². The average Bonchev–Trinajstić information content (AvgIpc) is 2.94. The first kappa shape index (κ1) is 10.4. The van der Waals surface area contributed by atoms with Crippen LogP contribution in [0.2, 0.25) is 0 Å². The molecule has 2 aromatic heterocycles. The summed E-state index contributed by atoms with van der Waals surface area (Å²) in [5.41, 5.74) is 8.35. The zero-order chi connectivity index (χ0) is 11.8. The topological polar surface area (TPSA) is 83.8 Å². The van der Waals surface area contributed by atoms with Crippen molar-refractivity contribution < 1.29 is 4.74 Å². The Morgan fingerprint density at radius 3 is 3.18 bits per heavy atom. The summed E-state index contributed by atoms with van der Waals surface area (Å²) in [6, 6.07) is 1.92. The molecule has 2 N–H and O–H groups in total. The number of nitrogens with zero attached hydrogens (tertiary/aromatic N) is 5. The summed E-state index contributed by atoms with van der Waals surface area (Å²) in [6.07, 6.45) is 1.77. The van der Waals surface area contributed by atoms with Crippen molar-refractivity contribution in [1.82, 2.24) is 24.8 Å². The first-order valence-corrected chi connectivity index (χ1v) is 5.52. The van der Waals surface area contributed by atoms with Crippen molar-refractivity contribution in [3.05, 3.63) is 18.0 Å². The van der Waals surface area contributed by atoms with E-state index in [2.05, 4.69) is 15.4 Å². The Kier molecular flexibility index (Phi) is 2.41. The molecule has 3 heterocycles. The van der Waals surface area contributed by atoms with Gasteiger partial charge in [-0.1, -0.05) is 5.21 Å². The van der Waals surface area contributed by atoms with Crippen LogP contribution in [0.5, 0.6) is 0 Å². The standard InChI is InChI=1S/C10H14N6O/c1-15-8(2-3-12-15)10-9-6-17-7(4-11)5-16(9)14-13-10/h2-3,7H,4-6,11H2,1H3. The van der Waals surface area contributed by atoms with E-state index in [-0.39, 0.29) is 6.10 Å². The van der Waals surface area contributed by atoms with Gasteiger partial charge in [0.2, 0.25) is 0 Å². The van der Waals surface area contributed by atoms with Crippen molar-refractivity contribution in [2.45, 2.75) is 19.3 Å². The molecule has 0 aromatic carbocycles. The molecule has 17 heavy (non-hydrogen) atoms. The lowest BCUT2D eigenvalue weighted by atomic mass is 10.2. The van der Waals surface area contributed by atoms with E-state index in [0.717, 1.165) is 17.1 Å². The first-order chi connectivity index (χ1) is 8.29. The van der Waals surface area contributed by atoms with Gasteiger partial charge in [0, 0.05) is 19.8 Å². The maximum atomic E-state index is 5.63. The van der Waals surface area contributed by atoms with Gasteiger partial charge in [0.05, 0.1) is 30.6 Å². The molecule has 3 rings (SSSR count). The Bertz CT molecular complexity index is 531. The summed E-state index contributed by atoms with van der Waals surface area (Å²) in [5, 5.41) is 12.5. The Labute approximate surface area is 98.2 Å². The summed E-state index contributed by atoms with van der Waals surface area (Å²) in [6.45, 7) is 1.66. The maximum absolute atomic E-state index is 5.63. The first-order valence-electron chi connectivity index (χ1n) is 5.52. The second-order valence-corrected chi connectivity index (χ2v) is 4.08. The van der Waals surface area contributed by atoms with Crippen LogP contribution in [0.4, 0.5) is 0 Å². The predicted octanol–water partition coefficient (Wildman–Crippen LogP) is -0.464. The van der Waals surface area contributed by atoms with Gasteiger partial charge in [0.25, 0.3) is 0 Å². The molecule has 1 atom stereocenters. The molecule has 1 unspecified atom stereocenters. The lowest BCUT2D eigenvalue weighted by Crippen LogP contribution is -2.33. The minimum atomic E-state index is 0.0311. The molecule has 0 bridgehead atoms. The molecule has 7 heteroatoms. The summed E-state index contributed by atoms with van der Waals surface area (Å²) in [7, 11) is 1.88. The van der Waals surface area contributed by atoms with Crippen molar-refractivity contribution in [2.75, 3.05) is 6.54 Å². The third-order valence-electron chi connectivity index (χ3n) is 3.00. The normalized spacial score (nSPS) is 19.3. The molecule has 7 nitrogen and oxygen atoms in total. The van der Waals surface area contributed by atoms with Crippen molar-refractivity contribution in [1.29, 1.82) is 0 Å². The van der Waals surface area contributed by atoms with Crippen LogP contribution in [0, 0.1) is 0 Å². The number of fused-ring (bicyclic) bond motifs is 1. The number of hydrogen-bond donors (Lipinski definition) is 1. The highest BCUT2D eigenvalue weighted by molar-refractivity contribution is 5.56. The van der Waals surface area contributed by atoms with Crippen LogP contribution in [0.25, 0.3) is 11.4 Å². The minimum Gasteiger partial charge on any atom is -0.369 e. The minimum absolute atomic E-state index is 0.0311. The van der Waals surface area contributed by atoms with Gasteiger partial charge in [-0.05, 0) is 6.07 Å². The van der Waals surface area contributed by atoms with Gasteiger partial charge < -0.3 is 10.5 Å². The molecule has 0 spiro atoms. The molecule has 90 valence electrons. The predicted molar refractivity (Wildman–Crippen MR) is 59.9 cm³/mol. The van der Waals surface area contributed by atoms with Gasteiger partial charge in [-0.15, -0.1) is 5.10 Å². The Balaban J connectivity index is 2.00. The van der Waals surface area contributed by atoms with Gasteiger partial charge in [-0.25, -0.2) is 4.68 Å². The lowest BCUT2D eigenvalue weighted by Gasteiger charge is -2.22. The molecular formula is C10H14N6O. The van der Waals surface area contributed by atoms with E-state index >= 15 is 0 Å². The van der Waals surface area contributed by atoms with E-state index in [1.165, 1.54) is 0 Å². The smallest absolute Gasteiger partial charge is 0.136 e. The van der Waals surface area contributed by atoms with Gasteiger partial charge >= 0.3 is 0 Å². The Morgan fingerprint density at radius 1 is 1.59 bits per heavy atom. The highest BCUT2D eigenvalue weighted by Gasteiger charge is 2.24. The number of rotatable bonds is 2. The Morgan fingerprint density at radius 2 is 2.47 bits per heavy atom. The molecule has 0 aliphatic carbocycles. The number of aryl methyl sites for hydroxylation is 1. The van der Waals surface area contributed by atoms with E-state index in [1.54, 1.807) is 10.9 Å². The zero-order valence-corrected chi connectivity index (χ0v) is 9.58. The Hall–Kier alpha value is -1.73. The fourth-order valence-electron chi connectivity index (χ4n) is 2.01. The van der Waals surface area contributed by atoms with E-state index in [9.17, 15) is 0 Å². The monoisotopic (exact) mass is 234 g/mol. The van der Waals surface area contributed by atoms with Crippen molar-refractivity contribution in [3.63, 3.8) is 0 Å². The van der Waals surface area contributed by atoms with E-state index in [1.807, 2.05) is 17.8 Å². The second kappa shape index (κ2) is 3.94. The zero-order valence-electron chi connectivity index (χ0n) is 9.58. The summed E-state index contributed by atoms with van der Waals surface area (Å²) >= 11 is 0. The van der Waals surface area contributed by atoms with Crippen LogP contribution in [0.3, 0.4) is 0 Å². The molecule has 0 radical (unpaired) electrons. The quantitative estimate of drug-likeness (QED) is 0.760. The van der Waals surface area contributed by atoms with Gasteiger partial charge in [-0.2, -0.15) is 5.10 Å². The number of ether oxygens (including phenoxy) is 1. The molecular weight excluding hydrogens is 220 g/mol. The fourth-order valence-corrected chi connectivity index (χ4v) is 2.01. The van der Waals surface area contributed by atoms with E-state index < -0.39 is 0 Å². The van der Waals surface area contributed by atoms with E-state index in [4.69, 9.17) is 10.5 Å². The van der Waals surface area contributed by atoms with Gasteiger partial charge in [-0.3, -0.25) is 4.68 Å². The van der Waals surface area contributed by atoms with Gasteiger partial charge in [0.1, 0.15) is 5.69 Å². The van der Waals surface area contributed by atoms with Crippen molar-refractivity contribution in [3.8, 4) is 11.4 Å².